The molecular formula is C34H34O7. The van der Waals surface area contributed by atoms with Crippen LogP contribution in [0.25, 0.3) is 0 Å². The normalized spacial score (nSPS) is 22.2. The molecule has 3 unspecified atom stereocenters. The molecule has 1 fully saturated rings. The summed E-state index contributed by atoms with van der Waals surface area (Å²) >= 11 is 0. The van der Waals surface area contributed by atoms with E-state index < -0.39 is 36.7 Å². The Kier molecular flexibility index (Phi) is 10.3. The predicted octanol–water partition coefficient (Wildman–Crippen LogP) is 5.32. The van der Waals surface area contributed by atoms with Crippen LogP contribution in [0.2, 0.25) is 0 Å². The van der Waals surface area contributed by atoms with Gasteiger partial charge in [-0.05, 0) is 28.8 Å². The minimum Gasteiger partial charge on any atom is -0.450 e. The summed E-state index contributed by atoms with van der Waals surface area (Å²) in [7, 11) is 0. The lowest BCUT2D eigenvalue weighted by atomic mass is 9.98. The highest BCUT2D eigenvalue weighted by atomic mass is 16.7. The summed E-state index contributed by atoms with van der Waals surface area (Å²) in [5.41, 5.74) is 3.26. The van der Waals surface area contributed by atoms with Gasteiger partial charge in [0.25, 0.3) is 0 Å². The Morgan fingerprint density at radius 1 is 0.610 bits per heavy atom. The standard InChI is InChI=1S/C34H34O7/c35-33(28-19-11-4-12-20-28)41-32-31(39-23-27-17-9-3-10-18-27)30(38-22-26-15-7-2-8-16-26)29(40-34(32)36)24-37-21-25-13-5-1-6-14-25/h1-20,29-32,34,36H,21-24H2/t29?,30-,31?,32?,34+/m0/s1. The van der Waals surface area contributed by atoms with Gasteiger partial charge in [0, 0.05) is 0 Å². The number of ether oxygens (including phenoxy) is 5. The predicted molar refractivity (Wildman–Crippen MR) is 153 cm³/mol. The van der Waals surface area contributed by atoms with E-state index in [9.17, 15) is 9.90 Å². The van der Waals surface area contributed by atoms with Crippen molar-refractivity contribution in [1.82, 2.24) is 0 Å². The van der Waals surface area contributed by atoms with Crippen molar-refractivity contribution in [2.75, 3.05) is 6.61 Å². The third-order valence-corrected chi connectivity index (χ3v) is 6.83. The van der Waals surface area contributed by atoms with Gasteiger partial charge >= 0.3 is 5.97 Å². The first-order valence-corrected chi connectivity index (χ1v) is 13.7. The Labute approximate surface area is 240 Å². The Balaban J connectivity index is 1.39. The van der Waals surface area contributed by atoms with Crippen LogP contribution in [0.1, 0.15) is 27.0 Å². The number of hydrogen-bond acceptors (Lipinski definition) is 7. The van der Waals surface area contributed by atoms with Crippen LogP contribution in [0.3, 0.4) is 0 Å². The average Bonchev–Trinajstić information content (AvgIpc) is 3.02. The molecule has 1 aliphatic rings. The molecule has 1 aliphatic heterocycles. The van der Waals surface area contributed by atoms with Gasteiger partial charge in [0.2, 0.25) is 0 Å². The monoisotopic (exact) mass is 554 g/mol. The summed E-state index contributed by atoms with van der Waals surface area (Å²) in [6.07, 6.45) is -4.85. The SMILES string of the molecule is O=C(OC1C(OCc2ccccc2)[C@@H](OCc2ccccc2)C(COCc2ccccc2)O[C@H]1O)c1ccccc1. The van der Waals surface area contributed by atoms with Crippen LogP contribution in [0.4, 0.5) is 0 Å². The average molecular weight is 555 g/mol. The second kappa shape index (κ2) is 14.7. The fourth-order valence-electron chi connectivity index (χ4n) is 4.71. The number of aliphatic hydroxyl groups excluding tert-OH is 1. The van der Waals surface area contributed by atoms with E-state index in [2.05, 4.69) is 0 Å². The lowest BCUT2D eigenvalue weighted by molar-refractivity contribution is -0.306. The van der Waals surface area contributed by atoms with Crippen LogP contribution in [0.15, 0.2) is 121 Å². The van der Waals surface area contributed by atoms with Gasteiger partial charge < -0.3 is 28.8 Å². The smallest absolute Gasteiger partial charge is 0.338 e. The largest absolute Gasteiger partial charge is 0.450 e. The van der Waals surface area contributed by atoms with E-state index in [1.165, 1.54) is 0 Å². The Hall–Kier alpha value is -3.85. The number of aliphatic hydroxyl groups is 1. The van der Waals surface area contributed by atoms with Crippen LogP contribution in [0, 0.1) is 0 Å². The van der Waals surface area contributed by atoms with Gasteiger partial charge in [-0.2, -0.15) is 0 Å². The fraction of sp³-hybridized carbons (Fsp3) is 0.265. The molecule has 5 atom stereocenters. The van der Waals surface area contributed by atoms with Gasteiger partial charge in [0.1, 0.15) is 18.3 Å². The molecule has 0 spiro atoms. The van der Waals surface area contributed by atoms with Crippen LogP contribution in [-0.2, 0) is 43.5 Å². The molecule has 4 aromatic rings. The molecule has 0 aromatic heterocycles. The lowest BCUT2D eigenvalue weighted by Gasteiger charge is -2.44. The second-order valence-corrected chi connectivity index (χ2v) is 9.82. The minimum absolute atomic E-state index is 0.135. The van der Waals surface area contributed by atoms with Gasteiger partial charge in [0.15, 0.2) is 12.4 Å². The summed E-state index contributed by atoms with van der Waals surface area (Å²) in [6, 6.07) is 37.8. The van der Waals surface area contributed by atoms with Crippen LogP contribution in [-0.4, -0.2) is 48.4 Å². The summed E-state index contributed by atoms with van der Waals surface area (Å²) < 4.78 is 30.7. The number of carbonyl (C=O) groups excluding carboxylic acids is 1. The first-order valence-electron chi connectivity index (χ1n) is 13.7. The van der Waals surface area contributed by atoms with E-state index in [1.54, 1.807) is 24.3 Å². The molecule has 0 radical (unpaired) electrons. The second-order valence-electron chi connectivity index (χ2n) is 9.82. The summed E-state index contributed by atoms with van der Waals surface area (Å²) in [5, 5.41) is 11.1. The zero-order valence-corrected chi connectivity index (χ0v) is 22.7. The van der Waals surface area contributed by atoms with E-state index in [-0.39, 0.29) is 19.8 Å². The zero-order chi connectivity index (χ0) is 28.3. The molecule has 7 heteroatoms. The first kappa shape index (κ1) is 28.7. The minimum atomic E-state index is -1.45. The highest BCUT2D eigenvalue weighted by Crippen LogP contribution is 2.30. The van der Waals surface area contributed by atoms with Crippen molar-refractivity contribution >= 4 is 5.97 Å². The maximum absolute atomic E-state index is 13.1. The Morgan fingerprint density at radius 3 is 1.61 bits per heavy atom. The molecule has 41 heavy (non-hydrogen) atoms. The van der Waals surface area contributed by atoms with E-state index in [0.717, 1.165) is 16.7 Å². The molecule has 1 saturated heterocycles. The zero-order valence-electron chi connectivity index (χ0n) is 22.7. The summed E-state index contributed by atoms with van der Waals surface area (Å²) in [6.45, 7) is 0.991. The molecule has 212 valence electrons. The van der Waals surface area contributed by atoms with Gasteiger partial charge in [-0.15, -0.1) is 0 Å². The van der Waals surface area contributed by atoms with E-state index in [1.807, 2.05) is 97.1 Å². The van der Waals surface area contributed by atoms with Crippen LogP contribution < -0.4 is 0 Å². The van der Waals surface area contributed by atoms with Crippen molar-refractivity contribution in [3.63, 3.8) is 0 Å². The highest BCUT2D eigenvalue weighted by molar-refractivity contribution is 5.89. The topological polar surface area (TPSA) is 83.5 Å². The Morgan fingerprint density at radius 2 is 1.07 bits per heavy atom. The molecule has 1 N–H and O–H groups in total. The number of rotatable bonds is 12. The van der Waals surface area contributed by atoms with Gasteiger partial charge in [-0.25, -0.2) is 4.79 Å². The Bertz CT molecular complexity index is 1320. The number of benzene rings is 4. The van der Waals surface area contributed by atoms with Crippen molar-refractivity contribution in [1.29, 1.82) is 0 Å². The fourth-order valence-corrected chi connectivity index (χ4v) is 4.71. The van der Waals surface area contributed by atoms with Crippen molar-refractivity contribution in [3.8, 4) is 0 Å². The number of carbonyl (C=O) groups is 1. The van der Waals surface area contributed by atoms with Crippen molar-refractivity contribution < 1.29 is 33.6 Å². The molecule has 0 aliphatic carbocycles. The molecule has 5 rings (SSSR count). The first-order chi connectivity index (χ1) is 20.2. The van der Waals surface area contributed by atoms with Gasteiger partial charge in [-0.3, -0.25) is 0 Å². The molecule has 1 heterocycles. The third kappa shape index (κ3) is 8.10. The van der Waals surface area contributed by atoms with E-state index in [0.29, 0.717) is 12.2 Å². The van der Waals surface area contributed by atoms with E-state index >= 15 is 0 Å². The van der Waals surface area contributed by atoms with Crippen LogP contribution in [0.5, 0.6) is 0 Å². The summed E-state index contributed by atoms with van der Waals surface area (Å²) in [5.74, 6) is -0.591. The van der Waals surface area contributed by atoms with E-state index in [4.69, 9.17) is 23.7 Å². The van der Waals surface area contributed by atoms with Gasteiger partial charge in [-0.1, -0.05) is 109 Å². The number of hydrogen-bond donors (Lipinski definition) is 1. The van der Waals surface area contributed by atoms with Crippen molar-refractivity contribution in [3.05, 3.63) is 144 Å². The summed E-state index contributed by atoms with van der Waals surface area (Å²) in [4.78, 5) is 13.1. The molecule has 0 amide bonds. The third-order valence-electron chi connectivity index (χ3n) is 6.83. The van der Waals surface area contributed by atoms with Crippen LogP contribution >= 0.6 is 0 Å². The highest BCUT2D eigenvalue weighted by Gasteiger charge is 2.49. The molecule has 0 bridgehead atoms. The molecule has 4 aromatic carbocycles. The molecular weight excluding hydrogens is 520 g/mol. The van der Waals surface area contributed by atoms with Gasteiger partial charge in [0.05, 0.1) is 32.0 Å². The number of esters is 1. The molecule has 7 nitrogen and oxygen atoms in total. The van der Waals surface area contributed by atoms with Crippen molar-refractivity contribution in [2.24, 2.45) is 0 Å². The quantitative estimate of drug-likeness (QED) is 0.238. The maximum atomic E-state index is 13.1. The lowest BCUT2D eigenvalue weighted by Crippen LogP contribution is -2.61. The van der Waals surface area contributed by atoms with Crippen molar-refractivity contribution in [2.45, 2.75) is 50.5 Å². The maximum Gasteiger partial charge on any atom is 0.338 e. The molecule has 0 saturated carbocycles.